The first-order chi connectivity index (χ1) is 16.1. The summed E-state index contributed by atoms with van der Waals surface area (Å²) in [4.78, 5) is 23.7. The molecule has 0 unspecified atom stereocenters. The Morgan fingerprint density at radius 1 is 0.941 bits per heavy atom. The van der Waals surface area contributed by atoms with E-state index in [1.165, 1.54) is 12.5 Å². The molecule has 0 saturated heterocycles. The van der Waals surface area contributed by atoms with Gasteiger partial charge in [0.2, 0.25) is 0 Å². The lowest BCUT2D eigenvalue weighted by atomic mass is 9.94. The van der Waals surface area contributed by atoms with Crippen molar-refractivity contribution in [2.45, 2.75) is 53.1 Å². The van der Waals surface area contributed by atoms with Gasteiger partial charge < -0.3 is 15.7 Å². The van der Waals surface area contributed by atoms with E-state index in [9.17, 15) is 9.59 Å². The summed E-state index contributed by atoms with van der Waals surface area (Å²) >= 11 is 6.20. The second-order valence-electron chi connectivity index (χ2n) is 8.71. The molecule has 0 bridgehead atoms. The van der Waals surface area contributed by atoms with Crippen LogP contribution < -0.4 is 10.6 Å². The zero-order chi connectivity index (χ0) is 25.0. The lowest BCUT2D eigenvalue weighted by molar-refractivity contribution is -0.138. The van der Waals surface area contributed by atoms with Gasteiger partial charge >= 0.3 is 5.97 Å². The van der Waals surface area contributed by atoms with E-state index in [1.807, 2.05) is 57.2 Å². The average molecular weight is 479 g/mol. The van der Waals surface area contributed by atoms with Gasteiger partial charge in [-0.25, -0.2) is 0 Å². The number of aryl methyl sites for hydroxylation is 3. The maximum absolute atomic E-state index is 12.6. The minimum atomic E-state index is -1.07. The topological polar surface area (TPSA) is 78.4 Å². The molecule has 0 aliphatic heterocycles. The fourth-order valence-electron chi connectivity index (χ4n) is 4.11. The highest BCUT2D eigenvalue weighted by Gasteiger charge is 2.19. The van der Waals surface area contributed by atoms with Crippen molar-refractivity contribution < 1.29 is 14.7 Å². The second-order valence-corrected chi connectivity index (χ2v) is 9.12. The fourth-order valence-corrected chi connectivity index (χ4v) is 4.23. The van der Waals surface area contributed by atoms with Crippen molar-refractivity contribution >= 4 is 29.2 Å². The molecular formula is C28H31ClN2O3. The number of anilines is 1. The van der Waals surface area contributed by atoms with Gasteiger partial charge in [-0.3, -0.25) is 9.59 Å². The standard InChI is InChI=1S/C28H31ClN2O3/c1-6-25(21-10-11-24(29)16(2)12-21)31-23-9-7-8-20(15-23)22-13-17(3)26(18(4)14-22)27(32)30-19(5)28(33)34/h7-15,19,25,31H,6H2,1-5H3,(H,30,32)(H,33,34)/t19-,25+/m0/s1. The number of amides is 1. The summed E-state index contributed by atoms with van der Waals surface area (Å²) in [5.41, 5.74) is 7.38. The number of benzene rings is 3. The summed E-state index contributed by atoms with van der Waals surface area (Å²) in [6.07, 6.45) is 0.919. The van der Waals surface area contributed by atoms with Crippen molar-refractivity contribution in [2.24, 2.45) is 0 Å². The van der Waals surface area contributed by atoms with Crippen molar-refractivity contribution in [3.63, 3.8) is 0 Å². The summed E-state index contributed by atoms with van der Waals surface area (Å²) in [5.74, 6) is -1.44. The van der Waals surface area contributed by atoms with E-state index < -0.39 is 12.0 Å². The Labute approximate surface area is 206 Å². The molecule has 3 rings (SSSR count). The van der Waals surface area contributed by atoms with Crippen LogP contribution in [0.3, 0.4) is 0 Å². The normalized spacial score (nSPS) is 12.6. The third kappa shape index (κ3) is 5.78. The molecule has 1 amide bonds. The van der Waals surface area contributed by atoms with Gasteiger partial charge in [-0.05, 0) is 85.7 Å². The fraction of sp³-hybridized carbons (Fsp3) is 0.286. The number of halogens is 1. The summed E-state index contributed by atoms with van der Waals surface area (Å²) < 4.78 is 0. The minimum absolute atomic E-state index is 0.150. The molecule has 6 heteroatoms. The predicted molar refractivity (Wildman–Crippen MR) is 139 cm³/mol. The lowest BCUT2D eigenvalue weighted by Crippen LogP contribution is -2.38. The van der Waals surface area contributed by atoms with Crippen LogP contribution >= 0.6 is 11.6 Å². The molecule has 5 nitrogen and oxygen atoms in total. The van der Waals surface area contributed by atoms with E-state index in [-0.39, 0.29) is 11.9 Å². The third-order valence-corrected chi connectivity index (χ3v) is 6.43. The molecule has 34 heavy (non-hydrogen) atoms. The highest BCUT2D eigenvalue weighted by molar-refractivity contribution is 6.31. The summed E-state index contributed by atoms with van der Waals surface area (Å²) in [6.45, 7) is 9.35. The molecule has 0 spiro atoms. The molecule has 3 aromatic carbocycles. The van der Waals surface area contributed by atoms with Crippen LogP contribution in [0.15, 0.2) is 54.6 Å². The van der Waals surface area contributed by atoms with Crippen LogP contribution in [0.1, 0.15) is 58.9 Å². The molecule has 0 fully saturated rings. The number of hydrogen-bond acceptors (Lipinski definition) is 3. The quantitative estimate of drug-likeness (QED) is 0.336. The van der Waals surface area contributed by atoms with E-state index in [4.69, 9.17) is 16.7 Å². The minimum Gasteiger partial charge on any atom is -0.480 e. The van der Waals surface area contributed by atoms with Crippen molar-refractivity contribution in [3.05, 3.63) is 87.4 Å². The van der Waals surface area contributed by atoms with Crippen molar-refractivity contribution in [2.75, 3.05) is 5.32 Å². The van der Waals surface area contributed by atoms with Crippen LogP contribution in [0.2, 0.25) is 5.02 Å². The Morgan fingerprint density at radius 2 is 1.62 bits per heavy atom. The zero-order valence-electron chi connectivity index (χ0n) is 20.2. The van der Waals surface area contributed by atoms with Gasteiger partial charge in [0.1, 0.15) is 6.04 Å². The molecule has 2 atom stereocenters. The van der Waals surface area contributed by atoms with Crippen LogP contribution in [0, 0.1) is 20.8 Å². The van der Waals surface area contributed by atoms with Crippen molar-refractivity contribution in [3.8, 4) is 11.1 Å². The van der Waals surface area contributed by atoms with Gasteiger partial charge in [0, 0.05) is 16.3 Å². The Bertz CT molecular complexity index is 1200. The average Bonchev–Trinajstić information content (AvgIpc) is 2.79. The van der Waals surface area contributed by atoms with Gasteiger partial charge in [0.05, 0.1) is 6.04 Å². The molecule has 3 aromatic rings. The molecule has 3 N–H and O–H groups in total. The number of carboxylic acid groups (broad SMARTS) is 1. The smallest absolute Gasteiger partial charge is 0.325 e. The van der Waals surface area contributed by atoms with Gasteiger partial charge in [0.25, 0.3) is 5.91 Å². The SMILES string of the molecule is CC[C@@H](Nc1cccc(-c2cc(C)c(C(=O)N[C@@H](C)C(=O)O)c(C)c2)c1)c1ccc(Cl)c(C)c1. The van der Waals surface area contributed by atoms with Gasteiger partial charge in [-0.1, -0.05) is 54.9 Å². The van der Waals surface area contributed by atoms with Crippen LogP contribution in [0.25, 0.3) is 11.1 Å². The van der Waals surface area contributed by atoms with Gasteiger partial charge in [-0.2, -0.15) is 0 Å². The first kappa shape index (κ1) is 25.3. The molecule has 0 heterocycles. The van der Waals surface area contributed by atoms with E-state index in [1.54, 1.807) is 0 Å². The van der Waals surface area contributed by atoms with Crippen LogP contribution in [-0.2, 0) is 4.79 Å². The molecule has 0 aromatic heterocycles. The Kier molecular flexibility index (Phi) is 8.00. The molecular weight excluding hydrogens is 448 g/mol. The highest BCUT2D eigenvalue weighted by Crippen LogP contribution is 2.30. The van der Waals surface area contributed by atoms with E-state index in [0.29, 0.717) is 5.56 Å². The molecule has 178 valence electrons. The van der Waals surface area contributed by atoms with Gasteiger partial charge in [-0.15, -0.1) is 0 Å². The first-order valence-electron chi connectivity index (χ1n) is 11.4. The molecule has 0 radical (unpaired) electrons. The van der Waals surface area contributed by atoms with Crippen molar-refractivity contribution in [1.29, 1.82) is 0 Å². The van der Waals surface area contributed by atoms with Crippen molar-refractivity contribution in [1.82, 2.24) is 5.32 Å². The largest absolute Gasteiger partial charge is 0.480 e. The second kappa shape index (κ2) is 10.7. The lowest BCUT2D eigenvalue weighted by Gasteiger charge is -2.20. The summed E-state index contributed by atoms with van der Waals surface area (Å²) in [6, 6.07) is 17.4. The van der Waals surface area contributed by atoms with E-state index >= 15 is 0 Å². The Hall–Kier alpha value is -3.31. The maximum Gasteiger partial charge on any atom is 0.325 e. The van der Waals surface area contributed by atoms with E-state index in [0.717, 1.165) is 44.9 Å². The number of rotatable bonds is 8. The summed E-state index contributed by atoms with van der Waals surface area (Å²) in [7, 11) is 0. The molecule has 0 aliphatic rings. The maximum atomic E-state index is 12.6. The van der Waals surface area contributed by atoms with Crippen LogP contribution in [0.4, 0.5) is 5.69 Å². The number of carbonyl (C=O) groups is 2. The molecule has 0 saturated carbocycles. The predicted octanol–water partition coefficient (Wildman–Crippen LogP) is 6.70. The number of carbonyl (C=O) groups excluding carboxylic acids is 1. The number of aliphatic carboxylic acids is 1. The number of carboxylic acids is 1. The van der Waals surface area contributed by atoms with Gasteiger partial charge in [0.15, 0.2) is 0 Å². The Balaban J connectivity index is 1.86. The highest BCUT2D eigenvalue weighted by atomic mass is 35.5. The van der Waals surface area contributed by atoms with E-state index in [2.05, 4.69) is 35.8 Å². The first-order valence-corrected chi connectivity index (χ1v) is 11.8. The Morgan fingerprint density at radius 3 is 2.21 bits per heavy atom. The number of hydrogen-bond donors (Lipinski definition) is 3. The summed E-state index contributed by atoms with van der Waals surface area (Å²) in [5, 5.41) is 16.0. The third-order valence-electron chi connectivity index (χ3n) is 6.01. The molecule has 0 aliphatic carbocycles. The monoisotopic (exact) mass is 478 g/mol. The zero-order valence-corrected chi connectivity index (χ0v) is 21.0. The van der Waals surface area contributed by atoms with Crippen LogP contribution in [0.5, 0.6) is 0 Å². The number of nitrogens with one attached hydrogen (secondary N) is 2. The van der Waals surface area contributed by atoms with Crippen LogP contribution in [-0.4, -0.2) is 23.0 Å².